The molecule has 1 aromatic rings. The molecule has 1 aromatic carbocycles. The average Bonchev–Trinajstić information content (AvgIpc) is 2.23. The third-order valence-electron chi connectivity index (χ3n) is 2.85. The Hall–Kier alpha value is -2.03. The van der Waals surface area contributed by atoms with Crippen LogP contribution >= 0.6 is 0 Å². The SMILES string of the molecule is N#CC1(c2ccc(OC(F)(F)F)cc2)CC(=O)C1. The van der Waals surface area contributed by atoms with Gasteiger partial charge in [0.05, 0.1) is 11.5 Å². The predicted octanol–water partition coefficient (Wildman–Crippen LogP) is 2.71. The fourth-order valence-corrected chi connectivity index (χ4v) is 1.94. The van der Waals surface area contributed by atoms with Crippen molar-refractivity contribution in [1.29, 1.82) is 5.26 Å². The van der Waals surface area contributed by atoms with Crippen molar-refractivity contribution < 1.29 is 22.7 Å². The summed E-state index contributed by atoms with van der Waals surface area (Å²) in [5, 5.41) is 9.05. The van der Waals surface area contributed by atoms with Gasteiger partial charge in [0.15, 0.2) is 0 Å². The number of Topliss-reactive ketones (excluding diaryl/α,β-unsaturated/α-hetero) is 1. The van der Waals surface area contributed by atoms with E-state index < -0.39 is 11.8 Å². The molecule has 0 spiro atoms. The summed E-state index contributed by atoms with van der Waals surface area (Å²) in [6.07, 6.45) is -4.51. The highest BCUT2D eigenvalue weighted by Gasteiger charge is 2.45. The lowest BCUT2D eigenvalue weighted by atomic mass is 9.65. The van der Waals surface area contributed by atoms with Crippen molar-refractivity contribution in [2.24, 2.45) is 0 Å². The number of carbonyl (C=O) groups is 1. The van der Waals surface area contributed by atoms with Crippen LogP contribution in [-0.2, 0) is 10.2 Å². The number of ether oxygens (including phenoxy) is 1. The van der Waals surface area contributed by atoms with Gasteiger partial charge in [-0.05, 0) is 17.7 Å². The van der Waals surface area contributed by atoms with Crippen LogP contribution in [0.15, 0.2) is 24.3 Å². The number of hydrogen-bond donors (Lipinski definition) is 0. The number of benzene rings is 1. The summed E-state index contributed by atoms with van der Waals surface area (Å²) in [5.74, 6) is -0.364. The van der Waals surface area contributed by atoms with E-state index in [0.717, 1.165) is 12.1 Å². The van der Waals surface area contributed by atoms with Crippen molar-refractivity contribution in [1.82, 2.24) is 0 Å². The molecule has 6 heteroatoms. The second kappa shape index (κ2) is 4.02. The summed E-state index contributed by atoms with van der Waals surface area (Å²) in [4.78, 5) is 11.0. The summed E-state index contributed by atoms with van der Waals surface area (Å²) >= 11 is 0. The maximum atomic E-state index is 12.0. The topological polar surface area (TPSA) is 50.1 Å². The number of nitrogens with zero attached hydrogens (tertiary/aromatic N) is 1. The van der Waals surface area contributed by atoms with Gasteiger partial charge in [-0.1, -0.05) is 12.1 Å². The van der Waals surface area contributed by atoms with Crippen LogP contribution < -0.4 is 4.74 Å². The number of halogens is 3. The van der Waals surface area contributed by atoms with Gasteiger partial charge in [-0.3, -0.25) is 4.79 Å². The molecule has 0 saturated heterocycles. The number of alkyl halides is 3. The van der Waals surface area contributed by atoms with Gasteiger partial charge in [0.1, 0.15) is 11.5 Å². The molecule has 0 amide bonds. The van der Waals surface area contributed by atoms with Gasteiger partial charge in [0.2, 0.25) is 0 Å². The zero-order chi connectivity index (χ0) is 13.4. The highest BCUT2D eigenvalue weighted by molar-refractivity contribution is 5.90. The summed E-state index contributed by atoms with van der Waals surface area (Å²) in [7, 11) is 0. The third-order valence-corrected chi connectivity index (χ3v) is 2.85. The third kappa shape index (κ3) is 2.30. The smallest absolute Gasteiger partial charge is 0.406 e. The maximum absolute atomic E-state index is 12.0. The Balaban J connectivity index is 2.18. The van der Waals surface area contributed by atoms with Crippen LogP contribution in [0.4, 0.5) is 13.2 Å². The van der Waals surface area contributed by atoms with Crippen molar-refractivity contribution in [3.63, 3.8) is 0 Å². The van der Waals surface area contributed by atoms with Crippen LogP contribution in [0.2, 0.25) is 0 Å². The van der Waals surface area contributed by atoms with Crippen LogP contribution in [0.1, 0.15) is 18.4 Å². The lowest BCUT2D eigenvalue weighted by Gasteiger charge is -2.34. The first-order valence-corrected chi connectivity index (χ1v) is 5.14. The summed E-state index contributed by atoms with van der Waals surface area (Å²) in [6, 6.07) is 7.10. The minimum absolute atomic E-state index is 0.0211. The van der Waals surface area contributed by atoms with E-state index in [1.807, 2.05) is 6.07 Å². The van der Waals surface area contributed by atoms with Crippen LogP contribution in [-0.4, -0.2) is 12.1 Å². The molecule has 0 unspecified atom stereocenters. The molecule has 0 radical (unpaired) electrons. The highest BCUT2D eigenvalue weighted by atomic mass is 19.4. The van der Waals surface area contributed by atoms with Crippen molar-refractivity contribution >= 4 is 5.78 Å². The Bertz CT molecular complexity index is 506. The second-order valence-corrected chi connectivity index (χ2v) is 4.16. The van der Waals surface area contributed by atoms with Gasteiger partial charge in [0, 0.05) is 12.8 Å². The summed E-state index contributed by atoms with van der Waals surface area (Å²) < 4.78 is 39.6. The average molecular weight is 255 g/mol. The van der Waals surface area contributed by atoms with Gasteiger partial charge in [-0.15, -0.1) is 13.2 Å². The molecule has 0 bridgehead atoms. The lowest BCUT2D eigenvalue weighted by molar-refractivity contribution is -0.274. The zero-order valence-corrected chi connectivity index (χ0v) is 9.12. The molecular weight excluding hydrogens is 247 g/mol. The number of rotatable bonds is 2. The van der Waals surface area contributed by atoms with E-state index in [2.05, 4.69) is 4.74 Å². The van der Waals surface area contributed by atoms with E-state index >= 15 is 0 Å². The molecule has 2 rings (SSSR count). The van der Waals surface area contributed by atoms with E-state index in [1.54, 1.807) is 0 Å². The van der Waals surface area contributed by atoms with Gasteiger partial charge in [-0.2, -0.15) is 5.26 Å². The van der Waals surface area contributed by atoms with E-state index in [-0.39, 0.29) is 24.4 Å². The standard InChI is InChI=1S/C12H8F3NO2/c13-12(14,15)18-10-3-1-8(2-4-10)11(7-16)5-9(17)6-11/h1-4H,5-6H2. The van der Waals surface area contributed by atoms with E-state index in [4.69, 9.17) is 5.26 Å². The highest BCUT2D eigenvalue weighted by Crippen LogP contribution is 2.41. The molecule has 94 valence electrons. The summed E-state index contributed by atoms with van der Waals surface area (Å²) in [6.45, 7) is 0. The van der Waals surface area contributed by atoms with Gasteiger partial charge < -0.3 is 4.74 Å². The minimum atomic E-state index is -4.74. The lowest BCUT2D eigenvalue weighted by Crippen LogP contribution is -2.40. The normalized spacial score (nSPS) is 17.8. The fourth-order valence-electron chi connectivity index (χ4n) is 1.94. The molecule has 3 nitrogen and oxygen atoms in total. The fraction of sp³-hybridized carbons (Fsp3) is 0.333. The molecule has 0 atom stereocenters. The molecule has 1 fully saturated rings. The van der Waals surface area contributed by atoms with Crippen LogP contribution in [0.3, 0.4) is 0 Å². The number of carbonyl (C=O) groups excluding carboxylic acids is 1. The number of hydrogen-bond acceptors (Lipinski definition) is 3. The quantitative estimate of drug-likeness (QED) is 0.816. The van der Waals surface area contributed by atoms with Crippen molar-refractivity contribution in [2.75, 3.05) is 0 Å². The van der Waals surface area contributed by atoms with Crippen molar-refractivity contribution in [3.8, 4) is 11.8 Å². The van der Waals surface area contributed by atoms with E-state index in [0.29, 0.717) is 5.56 Å². The van der Waals surface area contributed by atoms with E-state index in [1.165, 1.54) is 12.1 Å². The number of ketones is 1. The second-order valence-electron chi connectivity index (χ2n) is 4.16. The Morgan fingerprint density at radius 1 is 1.22 bits per heavy atom. The molecular formula is C12H8F3NO2. The summed E-state index contributed by atoms with van der Waals surface area (Å²) in [5.41, 5.74) is -0.340. The minimum Gasteiger partial charge on any atom is -0.406 e. The maximum Gasteiger partial charge on any atom is 0.573 e. The first kappa shape index (κ1) is 12.4. The van der Waals surface area contributed by atoms with Gasteiger partial charge in [0.25, 0.3) is 0 Å². The van der Waals surface area contributed by atoms with Crippen LogP contribution in [0, 0.1) is 11.3 Å². The van der Waals surface area contributed by atoms with E-state index in [9.17, 15) is 18.0 Å². The Kier molecular flexibility index (Phi) is 2.77. The largest absolute Gasteiger partial charge is 0.573 e. The van der Waals surface area contributed by atoms with Crippen molar-refractivity contribution in [2.45, 2.75) is 24.6 Å². The molecule has 18 heavy (non-hydrogen) atoms. The molecule has 1 saturated carbocycles. The molecule has 1 aliphatic rings. The number of nitriles is 1. The van der Waals surface area contributed by atoms with Gasteiger partial charge >= 0.3 is 6.36 Å². The predicted molar refractivity (Wildman–Crippen MR) is 54.7 cm³/mol. The van der Waals surface area contributed by atoms with Crippen LogP contribution in [0.5, 0.6) is 5.75 Å². The monoisotopic (exact) mass is 255 g/mol. The zero-order valence-electron chi connectivity index (χ0n) is 9.12. The molecule has 0 heterocycles. The molecule has 0 N–H and O–H groups in total. The first-order valence-electron chi connectivity index (χ1n) is 5.14. The molecule has 0 aliphatic heterocycles. The Morgan fingerprint density at radius 3 is 2.17 bits per heavy atom. The van der Waals surface area contributed by atoms with Crippen molar-refractivity contribution in [3.05, 3.63) is 29.8 Å². The Labute approximate surface area is 101 Å². The van der Waals surface area contributed by atoms with Gasteiger partial charge in [-0.25, -0.2) is 0 Å². The molecule has 0 aromatic heterocycles. The Morgan fingerprint density at radius 2 is 1.78 bits per heavy atom. The molecule has 1 aliphatic carbocycles. The first-order chi connectivity index (χ1) is 8.35. The van der Waals surface area contributed by atoms with Crippen LogP contribution in [0.25, 0.3) is 0 Å².